The van der Waals surface area contributed by atoms with Crippen molar-refractivity contribution in [2.45, 2.75) is 0 Å². The minimum Gasteiger partial charge on any atom is -0.298 e. The summed E-state index contributed by atoms with van der Waals surface area (Å²) >= 11 is 9.45. The Morgan fingerprint density at radius 1 is 1.50 bits per heavy atom. The molecule has 82 valence electrons. The van der Waals surface area contributed by atoms with Crippen LogP contribution in [0.5, 0.6) is 0 Å². The molecule has 2 aromatic rings. The van der Waals surface area contributed by atoms with Gasteiger partial charge in [-0.15, -0.1) is 11.3 Å². The zero-order valence-electron chi connectivity index (χ0n) is 7.91. The number of thiazole rings is 1. The van der Waals surface area contributed by atoms with Gasteiger partial charge in [-0.2, -0.15) is 0 Å². The molecule has 3 nitrogen and oxygen atoms in total. The van der Waals surface area contributed by atoms with Gasteiger partial charge in [0, 0.05) is 15.1 Å². The van der Waals surface area contributed by atoms with Gasteiger partial charge >= 0.3 is 0 Å². The van der Waals surface area contributed by atoms with E-state index in [0.717, 1.165) is 3.57 Å². The second-order valence-electron chi connectivity index (χ2n) is 2.92. The fourth-order valence-corrected chi connectivity index (χ4v) is 2.34. The molecule has 1 N–H and O–H groups in total. The summed E-state index contributed by atoms with van der Waals surface area (Å²) < 4.78 is 0.964. The summed E-state index contributed by atoms with van der Waals surface area (Å²) in [6.45, 7) is 0. The van der Waals surface area contributed by atoms with Crippen LogP contribution in [0.2, 0.25) is 5.02 Å². The highest BCUT2D eigenvalue weighted by molar-refractivity contribution is 14.1. The summed E-state index contributed by atoms with van der Waals surface area (Å²) in [5.74, 6) is -0.238. The van der Waals surface area contributed by atoms with Crippen molar-refractivity contribution in [3.05, 3.63) is 43.9 Å². The van der Waals surface area contributed by atoms with E-state index in [1.165, 1.54) is 11.3 Å². The Morgan fingerprint density at radius 2 is 2.31 bits per heavy atom. The van der Waals surface area contributed by atoms with Crippen molar-refractivity contribution >= 4 is 56.6 Å². The molecule has 1 heterocycles. The van der Waals surface area contributed by atoms with Gasteiger partial charge < -0.3 is 0 Å². The van der Waals surface area contributed by atoms with Gasteiger partial charge in [-0.05, 0) is 40.8 Å². The van der Waals surface area contributed by atoms with Gasteiger partial charge in [-0.25, -0.2) is 4.98 Å². The maximum Gasteiger partial charge on any atom is 0.258 e. The van der Waals surface area contributed by atoms with E-state index in [1.807, 2.05) is 6.07 Å². The van der Waals surface area contributed by atoms with Gasteiger partial charge in [0.15, 0.2) is 5.13 Å². The molecule has 0 unspecified atom stereocenters. The van der Waals surface area contributed by atoms with Crippen LogP contribution in [0.4, 0.5) is 5.13 Å². The quantitative estimate of drug-likeness (QED) is 0.827. The van der Waals surface area contributed by atoms with E-state index in [4.69, 9.17) is 11.6 Å². The minimum absolute atomic E-state index is 0.238. The molecule has 0 aliphatic rings. The van der Waals surface area contributed by atoms with E-state index in [9.17, 15) is 4.79 Å². The van der Waals surface area contributed by atoms with Crippen molar-refractivity contribution in [1.82, 2.24) is 4.98 Å². The maximum absolute atomic E-state index is 11.9. The zero-order valence-corrected chi connectivity index (χ0v) is 11.6. The molecule has 0 radical (unpaired) electrons. The number of hydrogen-bond donors (Lipinski definition) is 1. The molecule has 16 heavy (non-hydrogen) atoms. The van der Waals surface area contributed by atoms with E-state index in [2.05, 4.69) is 32.9 Å². The minimum atomic E-state index is -0.238. The second-order valence-corrected chi connectivity index (χ2v) is 5.46. The fraction of sp³-hybridized carbons (Fsp3) is 0. The summed E-state index contributed by atoms with van der Waals surface area (Å²) in [4.78, 5) is 15.8. The molecule has 1 amide bonds. The van der Waals surface area contributed by atoms with Crippen LogP contribution < -0.4 is 5.32 Å². The molecule has 0 saturated heterocycles. The van der Waals surface area contributed by atoms with Gasteiger partial charge in [0.05, 0.1) is 10.6 Å². The van der Waals surface area contributed by atoms with Gasteiger partial charge in [-0.3, -0.25) is 10.1 Å². The molecule has 0 aliphatic heterocycles. The molecule has 1 aromatic heterocycles. The second kappa shape index (κ2) is 5.11. The largest absolute Gasteiger partial charge is 0.298 e. The van der Waals surface area contributed by atoms with E-state index in [1.54, 1.807) is 23.7 Å². The molecule has 0 spiro atoms. The number of anilines is 1. The predicted molar refractivity (Wildman–Crippen MR) is 74.2 cm³/mol. The van der Waals surface area contributed by atoms with Crippen molar-refractivity contribution in [2.75, 3.05) is 5.32 Å². The third-order valence-electron chi connectivity index (χ3n) is 1.83. The van der Waals surface area contributed by atoms with Crippen molar-refractivity contribution < 1.29 is 4.79 Å². The van der Waals surface area contributed by atoms with Crippen LogP contribution in [-0.2, 0) is 0 Å². The molecular formula is C10H6ClIN2OS. The van der Waals surface area contributed by atoms with E-state index >= 15 is 0 Å². The SMILES string of the molecule is O=C(Nc1nccs1)c1cc(I)ccc1Cl. The third-order valence-corrected chi connectivity index (χ3v) is 3.51. The Kier molecular flexibility index (Phi) is 3.78. The number of amides is 1. The molecular weight excluding hydrogens is 359 g/mol. The number of rotatable bonds is 2. The first kappa shape index (κ1) is 11.8. The lowest BCUT2D eigenvalue weighted by atomic mass is 10.2. The highest BCUT2D eigenvalue weighted by Crippen LogP contribution is 2.20. The Morgan fingerprint density at radius 3 is 3.00 bits per heavy atom. The lowest BCUT2D eigenvalue weighted by Gasteiger charge is -2.04. The number of hydrogen-bond acceptors (Lipinski definition) is 3. The molecule has 0 fully saturated rings. The van der Waals surface area contributed by atoms with Crippen molar-refractivity contribution in [3.8, 4) is 0 Å². The number of carbonyl (C=O) groups excluding carboxylic acids is 1. The maximum atomic E-state index is 11.9. The number of nitrogens with one attached hydrogen (secondary N) is 1. The van der Waals surface area contributed by atoms with Crippen LogP contribution >= 0.6 is 45.5 Å². The van der Waals surface area contributed by atoms with Crippen LogP contribution in [0.25, 0.3) is 0 Å². The average molecular weight is 365 g/mol. The third kappa shape index (κ3) is 2.72. The topological polar surface area (TPSA) is 42.0 Å². The van der Waals surface area contributed by atoms with E-state index in [-0.39, 0.29) is 5.91 Å². The molecule has 0 saturated carbocycles. The first-order valence-electron chi connectivity index (χ1n) is 4.33. The standard InChI is InChI=1S/C10H6ClIN2OS/c11-8-2-1-6(12)5-7(8)9(15)14-10-13-3-4-16-10/h1-5H,(H,13,14,15). The number of aromatic nitrogens is 1. The number of nitrogens with zero attached hydrogens (tertiary/aromatic N) is 1. The summed E-state index contributed by atoms with van der Waals surface area (Å²) in [6.07, 6.45) is 1.64. The summed E-state index contributed by atoms with van der Waals surface area (Å²) in [6, 6.07) is 5.30. The van der Waals surface area contributed by atoms with Gasteiger partial charge in [-0.1, -0.05) is 11.6 Å². The normalized spacial score (nSPS) is 10.1. The number of halogens is 2. The van der Waals surface area contributed by atoms with Crippen LogP contribution in [0.15, 0.2) is 29.8 Å². The first-order chi connectivity index (χ1) is 7.66. The average Bonchev–Trinajstić information content (AvgIpc) is 2.74. The smallest absolute Gasteiger partial charge is 0.258 e. The van der Waals surface area contributed by atoms with Crippen molar-refractivity contribution in [3.63, 3.8) is 0 Å². The van der Waals surface area contributed by atoms with Crippen molar-refractivity contribution in [1.29, 1.82) is 0 Å². The lowest BCUT2D eigenvalue weighted by Crippen LogP contribution is -2.12. The Bertz CT molecular complexity index is 516. The summed E-state index contributed by atoms with van der Waals surface area (Å²) in [7, 11) is 0. The molecule has 2 rings (SSSR count). The highest BCUT2D eigenvalue weighted by atomic mass is 127. The van der Waals surface area contributed by atoms with E-state index < -0.39 is 0 Å². The molecule has 0 bridgehead atoms. The highest BCUT2D eigenvalue weighted by Gasteiger charge is 2.11. The van der Waals surface area contributed by atoms with E-state index in [0.29, 0.717) is 15.7 Å². The number of carbonyl (C=O) groups is 1. The lowest BCUT2D eigenvalue weighted by molar-refractivity contribution is 0.102. The van der Waals surface area contributed by atoms with Gasteiger partial charge in [0.25, 0.3) is 5.91 Å². The molecule has 0 aliphatic carbocycles. The molecule has 6 heteroatoms. The Balaban J connectivity index is 2.24. The molecule has 1 aromatic carbocycles. The first-order valence-corrected chi connectivity index (χ1v) is 6.66. The van der Waals surface area contributed by atoms with Crippen LogP contribution in [0.1, 0.15) is 10.4 Å². The predicted octanol–water partition coefficient (Wildman–Crippen LogP) is 3.65. The van der Waals surface area contributed by atoms with Gasteiger partial charge in [0.1, 0.15) is 0 Å². The van der Waals surface area contributed by atoms with Gasteiger partial charge in [0.2, 0.25) is 0 Å². The summed E-state index contributed by atoms with van der Waals surface area (Å²) in [5, 5.41) is 5.49. The van der Waals surface area contributed by atoms with Crippen LogP contribution in [0.3, 0.4) is 0 Å². The summed E-state index contributed by atoms with van der Waals surface area (Å²) in [5.41, 5.74) is 0.462. The Hall–Kier alpha value is -0.660. The Labute approximate surface area is 115 Å². The van der Waals surface area contributed by atoms with Crippen LogP contribution in [0, 0.1) is 3.57 Å². The zero-order chi connectivity index (χ0) is 11.5. The van der Waals surface area contributed by atoms with Crippen molar-refractivity contribution in [2.24, 2.45) is 0 Å². The molecule has 0 atom stereocenters. The monoisotopic (exact) mass is 364 g/mol. The fourth-order valence-electron chi connectivity index (χ4n) is 1.12. The number of benzene rings is 1. The van der Waals surface area contributed by atoms with Crippen LogP contribution in [-0.4, -0.2) is 10.9 Å².